The quantitative estimate of drug-likeness (QED) is 0.532. The molecule has 0 bridgehead atoms. The van der Waals surface area contributed by atoms with E-state index in [1.807, 2.05) is 49.4 Å². The van der Waals surface area contributed by atoms with Crippen LogP contribution in [-0.4, -0.2) is 29.2 Å². The third-order valence-corrected chi connectivity index (χ3v) is 4.64. The molecule has 0 saturated heterocycles. The van der Waals surface area contributed by atoms with Gasteiger partial charge in [0.2, 0.25) is 0 Å². The molecule has 0 amide bonds. The zero-order valence-corrected chi connectivity index (χ0v) is 13.8. The molecule has 1 aliphatic rings. The van der Waals surface area contributed by atoms with E-state index in [0.29, 0.717) is 5.46 Å². The van der Waals surface area contributed by atoms with Gasteiger partial charge >= 0.3 is 14.2 Å². The zero-order chi connectivity index (χ0) is 17.6. The first kappa shape index (κ1) is 16.0. The van der Waals surface area contributed by atoms with E-state index in [4.69, 9.17) is 0 Å². The van der Waals surface area contributed by atoms with Gasteiger partial charge in [0.1, 0.15) is 0 Å². The van der Waals surface area contributed by atoms with Crippen LogP contribution in [0.5, 0.6) is 0 Å². The molecule has 0 atom stereocenters. The second-order valence-corrected chi connectivity index (χ2v) is 6.33. The Labute approximate surface area is 147 Å². The number of rotatable bonds is 2. The number of nitrogens with one attached hydrogen (secondary N) is 1. The van der Waals surface area contributed by atoms with Crippen LogP contribution >= 0.6 is 0 Å². The smallest absolute Gasteiger partial charge is 0.429 e. The monoisotopic (exact) mass is 329 g/mol. The SMILES string of the molecule is Cc1cc(-c2ccccc2B(O)O)c2c(c1)-c1ccccc1B(O)N2. The maximum absolute atomic E-state index is 10.5. The van der Waals surface area contributed by atoms with Gasteiger partial charge in [-0.15, -0.1) is 0 Å². The van der Waals surface area contributed by atoms with Crippen molar-refractivity contribution in [3.05, 3.63) is 66.2 Å². The molecular formula is C19H17B2NO3. The van der Waals surface area contributed by atoms with Gasteiger partial charge in [0.05, 0.1) is 0 Å². The molecule has 122 valence electrons. The molecule has 1 heterocycles. The van der Waals surface area contributed by atoms with Gasteiger partial charge in [0.15, 0.2) is 0 Å². The lowest BCUT2D eigenvalue weighted by atomic mass is 9.66. The van der Waals surface area contributed by atoms with Crippen LogP contribution in [0.2, 0.25) is 0 Å². The molecule has 4 nitrogen and oxygen atoms in total. The Morgan fingerprint density at radius 1 is 0.840 bits per heavy atom. The van der Waals surface area contributed by atoms with Crippen LogP contribution in [0.15, 0.2) is 60.7 Å². The molecule has 25 heavy (non-hydrogen) atoms. The molecular weight excluding hydrogens is 312 g/mol. The normalized spacial score (nSPS) is 12.2. The first-order valence-electron chi connectivity index (χ1n) is 8.20. The van der Waals surface area contributed by atoms with Gasteiger partial charge in [-0.3, -0.25) is 0 Å². The minimum absolute atomic E-state index is 0.436. The van der Waals surface area contributed by atoms with Crippen molar-refractivity contribution < 1.29 is 15.1 Å². The van der Waals surface area contributed by atoms with Crippen molar-refractivity contribution in [2.75, 3.05) is 5.23 Å². The standard InChI is InChI=1S/C19H17B2NO3/c1-12-10-15-13-6-2-4-8-17(13)20(23)22-19(15)16(11-12)14-7-3-5-9-18(14)21(24)25/h2-11,22-25H,1H3. The Balaban J connectivity index is 2.02. The first-order valence-corrected chi connectivity index (χ1v) is 8.20. The molecule has 0 spiro atoms. The van der Waals surface area contributed by atoms with Crippen LogP contribution in [0, 0.1) is 6.92 Å². The topological polar surface area (TPSA) is 72.7 Å². The second-order valence-electron chi connectivity index (χ2n) is 6.33. The molecule has 4 rings (SSSR count). The van der Waals surface area contributed by atoms with Gasteiger partial charge in [-0.05, 0) is 46.7 Å². The molecule has 1 aliphatic heterocycles. The van der Waals surface area contributed by atoms with Gasteiger partial charge in [-0.25, -0.2) is 0 Å². The second kappa shape index (κ2) is 6.08. The average molecular weight is 329 g/mol. The summed E-state index contributed by atoms with van der Waals surface area (Å²) in [5.74, 6) is 0. The van der Waals surface area contributed by atoms with Crippen molar-refractivity contribution >= 4 is 30.8 Å². The minimum atomic E-state index is -1.56. The lowest BCUT2D eigenvalue weighted by Gasteiger charge is -2.27. The number of benzene rings is 3. The van der Waals surface area contributed by atoms with Crippen molar-refractivity contribution in [2.45, 2.75) is 6.92 Å². The Bertz CT molecular complexity index is 959. The van der Waals surface area contributed by atoms with Crippen molar-refractivity contribution in [3.8, 4) is 22.3 Å². The fourth-order valence-electron chi connectivity index (χ4n) is 3.53. The summed E-state index contributed by atoms with van der Waals surface area (Å²) in [6.07, 6.45) is 0. The number of fused-ring (bicyclic) bond motifs is 3. The van der Waals surface area contributed by atoms with Crippen molar-refractivity contribution in [3.63, 3.8) is 0 Å². The van der Waals surface area contributed by atoms with E-state index in [-0.39, 0.29) is 0 Å². The summed E-state index contributed by atoms with van der Waals surface area (Å²) in [7, 11) is -2.37. The summed E-state index contributed by atoms with van der Waals surface area (Å²) in [5, 5.41) is 33.2. The van der Waals surface area contributed by atoms with E-state index in [1.165, 1.54) is 0 Å². The van der Waals surface area contributed by atoms with Crippen molar-refractivity contribution in [1.29, 1.82) is 0 Å². The number of hydrogen-bond donors (Lipinski definition) is 4. The van der Waals surface area contributed by atoms with Crippen LogP contribution in [0.4, 0.5) is 5.69 Å². The first-order chi connectivity index (χ1) is 12.1. The van der Waals surface area contributed by atoms with Crippen LogP contribution in [0.1, 0.15) is 5.56 Å². The number of anilines is 1. The maximum atomic E-state index is 10.5. The Kier molecular flexibility index (Phi) is 3.88. The highest BCUT2D eigenvalue weighted by molar-refractivity contribution is 6.72. The Morgan fingerprint density at radius 2 is 1.44 bits per heavy atom. The van der Waals surface area contributed by atoms with Gasteiger partial charge < -0.3 is 20.3 Å². The maximum Gasteiger partial charge on any atom is 0.489 e. The molecule has 3 aromatic carbocycles. The van der Waals surface area contributed by atoms with E-state index < -0.39 is 14.2 Å². The molecule has 4 N–H and O–H groups in total. The molecule has 3 aromatic rings. The Morgan fingerprint density at radius 3 is 2.16 bits per heavy atom. The van der Waals surface area contributed by atoms with E-state index in [0.717, 1.165) is 39.0 Å². The molecule has 0 aliphatic carbocycles. The van der Waals surface area contributed by atoms with E-state index in [2.05, 4.69) is 11.3 Å². The van der Waals surface area contributed by atoms with Crippen LogP contribution < -0.4 is 16.2 Å². The highest BCUT2D eigenvalue weighted by Crippen LogP contribution is 2.39. The van der Waals surface area contributed by atoms with Crippen molar-refractivity contribution in [1.82, 2.24) is 0 Å². The van der Waals surface area contributed by atoms with E-state index >= 15 is 0 Å². The van der Waals surface area contributed by atoms with Crippen LogP contribution in [0.25, 0.3) is 22.3 Å². The summed E-state index contributed by atoms with van der Waals surface area (Å²) in [6, 6.07) is 19.0. The van der Waals surface area contributed by atoms with Gasteiger partial charge in [0, 0.05) is 16.8 Å². The highest BCUT2D eigenvalue weighted by atomic mass is 16.4. The summed E-state index contributed by atoms with van der Waals surface area (Å²) in [6.45, 7) is 2.01. The summed E-state index contributed by atoms with van der Waals surface area (Å²) < 4.78 is 0. The largest absolute Gasteiger partial charge is 0.489 e. The fraction of sp³-hybridized carbons (Fsp3) is 0.0526. The van der Waals surface area contributed by atoms with Crippen molar-refractivity contribution in [2.24, 2.45) is 0 Å². The molecule has 0 saturated carbocycles. The molecule has 0 fully saturated rings. The molecule has 0 unspecified atom stereocenters. The van der Waals surface area contributed by atoms with Gasteiger partial charge in [0.25, 0.3) is 0 Å². The zero-order valence-electron chi connectivity index (χ0n) is 13.8. The van der Waals surface area contributed by atoms with Gasteiger partial charge in [-0.1, -0.05) is 48.5 Å². The predicted molar refractivity (Wildman–Crippen MR) is 103 cm³/mol. The van der Waals surface area contributed by atoms with E-state index in [9.17, 15) is 15.1 Å². The fourth-order valence-corrected chi connectivity index (χ4v) is 3.53. The highest BCUT2D eigenvalue weighted by Gasteiger charge is 2.29. The lowest BCUT2D eigenvalue weighted by molar-refractivity contribution is 0.426. The molecule has 6 heteroatoms. The molecule has 0 radical (unpaired) electrons. The third kappa shape index (κ3) is 2.65. The van der Waals surface area contributed by atoms with E-state index in [1.54, 1.807) is 12.1 Å². The average Bonchev–Trinajstić information content (AvgIpc) is 2.62. The van der Waals surface area contributed by atoms with Gasteiger partial charge in [-0.2, -0.15) is 0 Å². The summed E-state index contributed by atoms with van der Waals surface area (Å²) in [4.78, 5) is 0. The lowest BCUT2D eigenvalue weighted by Crippen LogP contribution is -2.43. The van der Waals surface area contributed by atoms with Crippen LogP contribution in [-0.2, 0) is 0 Å². The predicted octanol–water partition coefficient (Wildman–Crippen LogP) is 1.12. The number of aryl methyl sites for hydroxylation is 1. The Hall–Kier alpha value is -2.53. The number of hydrogen-bond acceptors (Lipinski definition) is 4. The van der Waals surface area contributed by atoms with Crippen LogP contribution in [0.3, 0.4) is 0 Å². The summed E-state index contributed by atoms with van der Waals surface area (Å²) >= 11 is 0. The summed E-state index contributed by atoms with van der Waals surface area (Å²) in [5.41, 5.74) is 6.68. The minimum Gasteiger partial charge on any atom is -0.429 e. The molecule has 0 aromatic heterocycles. The third-order valence-electron chi connectivity index (χ3n) is 4.64.